The number of nitrogens with one attached hydrogen (secondary N) is 2. The van der Waals surface area contributed by atoms with E-state index in [9.17, 15) is 15.0 Å². The summed E-state index contributed by atoms with van der Waals surface area (Å²) in [5.74, 6) is 0.278. The highest BCUT2D eigenvalue weighted by Crippen LogP contribution is 2.41. The third kappa shape index (κ3) is 2.89. The van der Waals surface area contributed by atoms with Gasteiger partial charge >= 0.3 is 0 Å². The van der Waals surface area contributed by atoms with E-state index in [0.29, 0.717) is 11.1 Å². The molecule has 8 nitrogen and oxygen atoms in total. The Bertz CT molecular complexity index is 1990. The van der Waals surface area contributed by atoms with Crippen LogP contribution in [0.25, 0.3) is 55.0 Å². The fraction of sp³-hybridized carbons (Fsp3) is 0.143. The van der Waals surface area contributed by atoms with E-state index in [0.717, 1.165) is 66.1 Å². The van der Waals surface area contributed by atoms with Crippen molar-refractivity contribution in [3.8, 4) is 22.6 Å². The van der Waals surface area contributed by atoms with Crippen LogP contribution < -0.4 is 10.5 Å². The highest BCUT2D eigenvalue weighted by Gasteiger charge is 2.36. The van der Waals surface area contributed by atoms with Gasteiger partial charge in [0, 0.05) is 46.7 Å². The molecule has 7 rings (SSSR count). The Hall–Kier alpha value is -4.21. The van der Waals surface area contributed by atoms with E-state index < -0.39 is 0 Å². The molecule has 0 saturated carbocycles. The van der Waals surface area contributed by atoms with E-state index in [1.807, 2.05) is 24.6 Å². The Kier molecular flexibility index (Phi) is 4.55. The Morgan fingerprint density at radius 3 is 2.57 bits per heavy atom. The largest absolute Gasteiger partial charge is 0.508 e. The Morgan fingerprint density at radius 1 is 1.03 bits per heavy atom. The topological polar surface area (TPSA) is 98.3 Å². The maximum atomic E-state index is 14.6. The summed E-state index contributed by atoms with van der Waals surface area (Å²) in [5, 5.41) is 24.1. The van der Waals surface area contributed by atoms with Gasteiger partial charge in [-0.1, -0.05) is 0 Å². The van der Waals surface area contributed by atoms with E-state index in [4.69, 9.17) is 4.98 Å². The third-order valence-electron chi connectivity index (χ3n) is 7.40. The number of aromatic hydroxyl groups is 2. The Labute approximate surface area is 215 Å². The molecule has 6 aromatic rings. The van der Waals surface area contributed by atoms with Crippen LogP contribution in [0.2, 0.25) is 0 Å². The second-order valence-corrected chi connectivity index (χ2v) is 10.4. The molecule has 0 bridgehead atoms. The van der Waals surface area contributed by atoms with Crippen molar-refractivity contribution in [2.75, 3.05) is 27.0 Å². The number of fused-ring (bicyclic) bond motifs is 4. The van der Waals surface area contributed by atoms with Crippen molar-refractivity contribution < 1.29 is 15.1 Å². The summed E-state index contributed by atoms with van der Waals surface area (Å²) >= 11 is 1.65. The molecule has 1 unspecified atom stereocenters. The number of benzene rings is 2. The zero-order valence-electron chi connectivity index (χ0n) is 20.5. The van der Waals surface area contributed by atoms with Gasteiger partial charge in [0.2, 0.25) is 0 Å². The van der Waals surface area contributed by atoms with E-state index >= 15 is 0 Å². The average molecular weight is 511 g/mol. The first-order valence-corrected chi connectivity index (χ1v) is 13.2. The standard InChI is InChI=1S/C28H23N5O3S/c1-31-13-32(2)28(37-3)26(31)23-22(19-12-30-20-6-4-14(34)10-17(19)20)27(36)33-21-7-5-15(35)11-18(21)16-8-9-29-24(23)25(16)33/h4-12,30,34-35H,13H2,1-3H3/p+1. The number of phenolic OH excluding ortho intramolecular Hbond substituents is 2. The molecule has 0 aliphatic carbocycles. The van der Waals surface area contributed by atoms with Gasteiger partial charge in [-0.2, -0.15) is 0 Å². The van der Waals surface area contributed by atoms with Crippen molar-refractivity contribution in [2.24, 2.45) is 0 Å². The van der Waals surface area contributed by atoms with E-state index in [1.54, 1.807) is 52.7 Å². The summed E-state index contributed by atoms with van der Waals surface area (Å²) in [6, 6.07) is 12.1. The number of thioether (sulfide) groups is 1. The molecule has 0 fully saturated rings. The van der Waals surface area contributed by atoms with Gasteiger partial charge in [-0.3, -0.25) is 19.1 Å². The van der Waals surface area contributed by atoms with Gasteiger partial charge in [-0.15, -0.1) is 11.8 Å². The van der Waals surface area contributed by atoms with Crippen molar-refractivity contribution in [1.82, 2.24) is 19.3 Å². The van der Waals surface area contributed by atoms with Crippen LogP contribution in [0.1, 0.15) is 5.56 Å². The monoisotopic (exact) mass is 510 g/mol. The number of nitrogens with zero attached hydrogens (tertiary/aromatic N) is 3. The van der Waals surface area contributed by atoms with Gasteiger partial charge in [0.15, 0.2) is 12.4 Å². The van der Waals surface area contributed by atoms with Crippen LogP contribution in [0.15, 0.2) is 64.7 Å². The number of hydrogen-bond donors (Lipinski definition) is 4. The molecular weight excluding hydrogens is 486 g/mol. The summed E-state index contributed by atoms with van der Waals surface area (Å²) in [7, 11) is 4.16. The lowest BCUT2D eigenvalue weighted by atomic mass is 9.96. The molecular formula is C28H24N5O3S+. The number of rotatable bonds is 3. The maximum Gasteiger partial charge on any atom is 0.264 e. The summed E-state index contributed by atoms with van der Waals surface area (Å²) in [5.41, 5.74) is 5.92. The van der Waals surface area contributed by atoms with Gasteiger partial charge in [0.05, 0.1) is 29.2 Å². The molecule has 0 saturated heterocycles. The molecule has 184 valence electrons. The van der Waals surface area contributed by atoms with Crippen molar-refractivity contribution in [1.29, 1.82) is 0 Å². The van der Waals surface area contributed by atoms with Crippen molar-refractivity contribution in [2.45, 2.75) is 0 Å². The molecule has 4 aromatic heterocycles. The number of pyridine rings is 2. The Morgan fingerprint density at radius 2 is 1.78 bits per heavy atom. The summed E-state index contributed by atoms with van der Waals surface area (Å²) in [4.78, 5) is 26.1. The van der Waals surface area contributed by atoms with Gasteiger partial charge in [0.25, 0.3) is 5.56 Å². The molecule has 1 aliphatic rings. The van der Waals surface area contributed by atoms with Crippen LogP contribution in [-0.4, -0.2) is 56.5 Å². The van der Waals surface area contributed by atoms with Crippen molar-refractivity contribution >= 4 is 55.7 Å². The zero-order valence-corrected chi connectivity index (χ0v) is 21.3. The van der Waals surface area contributed by atoms with Crippen LogP contribution >= 0.6 is 11.8 Å². The van der Waals surface area contributed by atoms with Gasteiger partial charge in [-0.25, -0.2) is 0 Å². The molecule has 9 heteroatoms. The molecule has 0 amide bonds. The normalized spacial score (nSPS) is 16.4. The highest BCUT2D eigenvalue weighted by molar-refractivity contribution is 8.02. The molecule has 1 atom stereocenters. The fourth-order valence-electron chi connectivity index (χ4n) is 5.95. The Balaban J connectivity index is 1.77. The van der Waals surface area contributed by atoms with Gasteiger partial charge < -0.3 is 20.1 Å². The number of H-pyrrole nitrogens is 1. The summed E-state index contributed by atoms with van der Waals surface area (Å²) < 4.78 is 1.72. The van der Waals surface area contributed by atoms with Crippen LogP contribution in [0.5, 0.6) is 11.5 Å². The lowest BCUT2D eigenvalue weighted by Crippen LogP contribution is -3.05. The van der Waals surface area contributed by atoms with Crippen LogP contribution in [0.4, 0.5) is 0 Å². The lowest BCUT2D eigenvalue weighted by Gasteiger charge is -2.16. The fourth-order valence-corrected chi connectivity index (χ4v) is 6.81. The molecule has 2 aromatic carbocycles. The van der Waals surface area contributed by atoms with E-state index in [1.165, 1.54) is 0 Å². The van der Waals surface area contributed by atoms with Crippen molar-refractivity contribution in [3.63, 3.8) is 0 Å². The average Bonchev–Trinajstić information content (AvgIpc) is 3.52. The van der Waals surface area contributed by atoms with E-state index in [-0.39, 0.29) is 17.1 Å². The number of phenols is 2. The van der Waals surface area contributed by atoms with Gasteiger partial charge in [-0.05, 0) is 48.7 Å². The molecule has 4 N–H and O–H groups in total. The molecule has 1 aliphatic heterocycles. The van der Waals surface area contributed by atoms with E-state index in [2.05, 4.69) is 24.0 Å². The predicted molar refractivity (Wildman–Crippen MR) is 148 cm³/mol. The SMILES string of the molecule is CSC1=C(c2c(-c3c[nH]c4ccc(O)cc34)c(=O)n3c4ccc(O)cc4c4ccnc2c43)[NH+](C)CN1C. The van der Waals surface area contributed by atoms with Crippen LogP contribution in [0, 0.1) is 0 Å². The lowest BCUT2D eigenvalue weighted by molar-refractivity contribution is -0.805. The van der Waals surface area contributed by atoms with Gasteiger partial charge in [0.1, 0.15) is 22.0 Å². The zero-order chi connectivity index (χ0) is 25.6. The quantitative estimate of drug-likeness (QED) is 0.291. The summed E-state index contributed by atoms with van der Waals surface area (Å²) in [6.07, 6.45) is 5.66. The minimum absolute atomic E-state index is 0.133. The molecule has 37 heavy (non-hydrogen) atoms. The maximum absolute atomic E-state index is 14.6. The number of aromatic nitrogens is 3. The number of quaternary nitrogens is 1. The molecule has 0 spiro atoms. The van der Waals surface area contributed by atoms with Crippen LogP contribution in [-0.2, 0) is 0 Å². The smallest absolute Gasteiger partial charge is 0.264 e. The highest BCUT2D eigenvalue weighted by atomic mass is 32.2. The predicted octanol–water partition coefficient (Wildman–Crippen LogP) is 3.40. The van der Waals surface area contributed by atoms with Crippen molar-refractivity contribution in [3.05, 3.63) is 75.8 Å². The summed E-state index contributed by atoms with van der Waals surface area (Å²) in [6.45, 7) is 0.762. The minimum Gasteiger partial charge on any atom is -0.508 e. The third-order valence-corrected chi connectivity index (χ3v) is 8.31. The number of hydrogen-bond acceptors (Lipinski definition) is 6. The minimum atomic E-state index is -0.166. The first-order valence-electron chi connectivity index (χ1n) is 11.9. The number of aromatic amines is 1. The first-order chi connectivity index (χ1) is 17.9. The van der Waals surface area contributed by atoms with Crippen LogP contribution in [0.3, 0.4) is 0 Å². The first kappa shape index (κ1) is 22.0. The molecule has 5 heterocycles. The second-order valence-electron chi connectivity index (χ2n) is 9.60. The molecule has 0 radical (unpaired) electrons. The second kappa shape index (κ2) is 7.64.